The normalized spacial score (nSPS) is 26.3. The zero-order valence-electron chi connectivity index (χ0n) is 17.0. The second-order valence-electron chi connectivity index (χ2n) is 9.42. The third-order valence-corrected chi connectivity index (χ3v) is 6.46. The van der Waals surface area contributed by atoms with Crippen LogP contribution < -0.4 is 11.1 Å². The highest BCUT2D eigenvalue weighted by atomic mass is 16.1. The number of nitrogens with two attached hydrogens (primary N) is 1. The average Bonchev–Trinajstić information content (AvgIpc) is 3.17. The number of pyridine rings is 1. The molecule has 2 bridgehead atoms. The third-order valence-electron chi connectivity index (χ3n) is 6.46. The highest BCUT2D eigenvalue weighted by Gasteiger charge is 2.42. The van der Waals surface area contributed by atoms with Gasteiger partial charge in [-0.1, -0.05) is 32.9 Å². The molecule has 2 atom stereocenters. The first-order valence-electron chi connectivity index (χ1n) is 10.3. The van der Waals surface area contributed by atoms with E-state index in [0.717, 1.165) is 49.0 Å². The van der Waals surface area contributed by atoms with Crippen molar-refractivity contribution >= 4 is 23.5 Å². The van der Waals surface area contributed by atoms with Crippen LogP contribution in [0.1, 0.15) is 68.1 Å². The van der Waals surface area contributed by atoms with Crippen LogP contribution in [0.4, 0.5) is 5.69 Å². The van der Waals surface area contributed by atoms with E-state index < -0.39 is 5.91 Å². The first-order chi connectivity index (χ1) is 13.2. The van der Waals surface area contributed by atoms with E-state index in [1.165, 1.54) is 0 Å². The summed E-state index contributed by atoms with van der Waals surface area (Å²) in [6.45, 7) is 6.53. The maximum absolute atomic E-state index is 12.5. The number of carbonyl (C=O) groups is 2. The summed E-state index contributed by atoms with van der Waals surface area (Å²) < 4.78 is 0. The van der Waals surface area contributed by atoms with E-state index in [9.17, 15) is 9.59 Å². The van der Waals surface area contributed by atoms with Crippen molar-refractivity contribution in [2.24, 2.45) is 11.1 Å². The second-order valence-corrected chi connectivity index (χ2v) is 9.42. The lowest BCUT2D eigenvalue weighted by Crippen LogP contribution is -2.50. The molecule has 3 heterocycles. The van der Waals surface area contributed by atoms with E-state index in [-0.39, 0.29) is 11.5 Å². The van der Waals surface area contributed by atoms with Crippen LogP contribution >= 0.6 is 0 Å². The third kappa shape index (κ3) is 3.46. The number of Topliss-reactive ketones (excluding diaryl/α,β-unsaturated/α-hetero) is 1. The molecule has 1 amide bonds. The number of anilines is 1. The number of primary amides is 1. The minimum absolute atomic E-state index is 0.275. The molecule has 0 spiro atoms. The zero-order valence-corrected chi connectivity index (χ0v) is 17.0. The van der Waals surface area contributed by atoms with Crippen LogP contribution in [-0.4, -0.2) is 46.2 Å². The highest BCUT2D eigenvalue weighted by molar-refractivity contribution is 6.00. The summed E-state index contributed by atoms with van der Waals surface area (Å²) in [5.74, 6) is -0.141. The zero-order chi connectivity index (χ0) is 20.1. The lowest BCUT2D eigenvalue weighted by molar-refractivity contribution is -0.128. The lowest BCUT2D eigenvalue weighted by Gasteiger charge is -2.40. The van der Waals surface area contributed by atoms with E-state index in [4.69, 9.17) is 5.73 Å². The predicted molar refractivity (Wildman–Crippen MR) is 110 cm³/mol. The topological polar surface area (TPSA) is 88.3 Å². The molecule has 2 saturated heterocycles. The van der Waals surface area contributed by atoms with Crippen LogP contribution in [0.15, 0.2) is 12.3 Å². The van der Waals surface area contributed by atoms with Crippen molar-refractivity contribution in [3.8, 4) is 0 Å². The van der Waals surface area contributed by atoms with Crippen molar-refractivity contribution < 1.29 is 9.59 Å². The van der Waals surface area contributed by atoms with Gasteiger partial charge in [-0.05, 0) is 25.7 Å². The summed E-state index contributed by atoms with van der Waals surface area (Å²) in [7, 11) is 0. The summed E-state index contributed by atoms with van der Waals surface area (Å²) >= 11 is 0. The van der Waals surface area contributed by atoms with Crippen molar-refractivity contribution in [1.82, 2.24) is 9.88 Å². The van der Waals surface area contributed by atoms with Crippen LogP contribution in [0, 0.1) is 5.41 Å². The van der Waals surface area contributed by atoms with Crippen LogP contribution in [0.25, 0.3) is 6.08 Å². The Kier molecular flexibility index (Phi) is 4.78. The molecular formula is C22H30N4O2. The Bertz CT molecular complexity index is 826. The Balaban J connectivity index is 1.51. The SMILES string of the molecule is CC(C)(C)C(=O)CN1[C@H]2CC[C@H]1CC(Nc1c(C(N)=O)cnc3c1C=CC3)C2. The number of ketones is 1. The molecule has 150 valence electrons. The monoisotopic (exact) mass is 382 g/mol. The molecule has 0 unspecified atom stereocenters. The molecule has 6 heteroatoms. The number of allylic oxidation sites excluding steroid dienone is 1. The number of rotatable bonds is 5. The maximum Gasteiger partial charge on any atom is 0.252 e. The molecule has 0 saturated carbocycles. The van der Waals surface area contributed by atoms with Gasteiger partial charge in [-0.15, -0.1) is 0 Å². The van der Waals surface area contributed by atoms with Gasteiger partial charge in [-0.2, -0.15) is 0 Å². The standard InChI is InChI=1S/C22H30N4O2/c1-22(2,3)19(27)12-26-14-7-8-15(26)10-13(9-14)25-20-16-5-4-6-18(16)24-11-17(20)21(23)28/h4-5,11,13-15H,6-10,12H2,1-3H3,(H2,23,28)(H,24,25)/t14-,15-/m0/s1. The van der Waals surface area contributed by atoms with Gasteiger partial charge in [-0.3, -0.25) is 19.5 Å². The largest absolute Gasteiger partial charge is 0.381 e. The Morgan fingerprint density at radius 3 is 2.54 bits per heavy atom. The number of fused-ring (bicyclic) bond motifs is 3. The molecule has 1 aliphatic carbocycles. The molecule has 3 aliphatic rings. The molecule has 2 aliphatic heterocycles. The molecule has 0 aromatic carbocycles. The van der Waals surface area contributed by atoms with E-state index in [0.29, 0.717) is 30.0 Å². The van der Waals surface area contributed by atoms with Gasteiger partial charge in [0.2, 0.25) is 0 Å². The molecular weight excluding hydrogens is 352 g/mol. The lowest BCUT2D eigenvalue weighted by atomic mass is 9.89. The van der Waals surface area contributed by atoms with Crippen molar-refractivity contribution in [3.05, 3.63) is 29.1 Å². The summed E-state index contributed by atoms with van der Waals surface area (Å²) in [6.07, 6.45) is 10.7. The van der Waals surface area contributed by atoms with Gasteiger partial charge in [0.1, 0.15) is 0 Å². The molecule has 28 heavy (non-hydrogen) atoms. The number of amides is 1. The molecule has 1 aromatic heterocycles. The fourth-order valence-corrected chi connectivity index (χ4v) is 4.80. The summed E-state index contributed by atoms with van der Waals surface area (Å²) in [6, 6.07) is 1.12. The van der Waals surface area contributed by atoms with Gasteiger partial charge in [0, 0.05) is 41.7 Å². The Morgan fingerprint density at radius 1 is 1.25 bits per heavy atom. The van der Waals surface area contributed by atoms with E-state index >= 15 is 0 Å². The van der Waals surface area contributed by atoms with E-state index in [1.807, 2.05) is 26.8 Å². The quantitative estimate of drug-likeness (QED) is 0.817. The molecule has 6 nitrogen and oxygen atoms in total. The fourth-order valence-electron chi connectivity index (χ4n) is 4.80. The number of piperidine rings is 1. The van der Waals surface area contributed by atoms with Crippen LogP contribution in [-0.2, 0) is 11.2 Å². The minimum Gasteiger partial charge on any atom is -0.381 e. The number of nitrogens with zero attached hydrogens (tertiary/aromatic N) is 2. The summed E-state index contributed by atoms with van der Waals surface area (Å²) in [5.41, 5.74) is 8.59. The Hall–Kier alpha value is -2.21. The number of carbonyl (C=O) groups excluding carboxylic acids is 2. The van der Waals surface area contributed by atoms with Crippen LogP contribution in [0.2, 0.25) is 0 Å². The second kappa shape index (κ2) is 6.99. The van der Waals surface area contributed by atoms with Crippen molar-refractivity contribution in [2.45, 2.75) is 71.0 Å². The van der Waals surface area contributed by atoms with Gasteiger partial charge in [0.05, 0.1) is 23.5 Å². The maximum atomic E-state index is 12.5. The number of hydrogen-bond donors (Lipinski definition) is 2. The van der Waals surface area contributed by atoms with Crippen LogP contribution in [0.3, 0.4) is 0 Å². The number of nitrogens with one attached hydrogen (secondary N) is 1. The van der Waals surface area contributed by atoms with Gasteiger partial charge in [-0.25, -0.2) is 0 Å². The van der Waals surface area contributed by atoms with Crippen molar-refractivity contribution in [2.75, 3.05) is 11.9 Å². The Labute approximate surface area is 166 Å². The summed E-state index contributed by atoms with van der Waals surface area (Å²) in [5, 5.41) is 3.63. The van der Waals surface area contributed by atoms with Crippen molar-refractivity contribution in [1.29, 1.82) is 0 Å². The fraction of sp³-hybridized carbons (Fsp3) is 0.591. The van der Waals surface area contributed by atoms with Gasteiger partial charge in [0.15, 0.2) is 5.78 Å². The molecule has 1 aromatic rings. The van der Waals surface area contributed by atoms with Gasteiger partial charge in [0.25, 0.3) is 5.91 Å². The number of aromatic nitrogens is 1. The summed E-state index contributed by atoms with van der Waals surface area (Å²) in [4.78, 5) is 31.3. The highest BCUT2D eigenvalue weighted by Crippen LogP contribution is 2.39. The number of hydrogen-bond acceptors (Lipinski definition) is 5. The van der Waals surface area contributed by atoms with Gasteiger partial charge >= 0.3 is 0 Å². The Morgan fingerprint density at radius 2 is 1.93 bits per heavy atom. The predicted octanol–water partition coefficient (Wildman–Crippen LogP) is 2.77. The smallest absolute Gasteiger partial charge is 0.252 e. The molecule has 0 radical (unpaired) electrons. The molecule has 4 rings (SSSR count). The average molecular weight is 383 g/mol. The molecule has 3 N–H and O–H groups in total. The van der Waals surface area contributed by atoms with Gasteiger partial charge < -0.3 is 11.1 Å². The minimum atomic E-state index is -0.450. The molecule has 2 fully saturated rings. The van der Waals surface area contributed by atoms with Crippen LogP contribution in [0.5, 0.6) is 0 Å². The first kappa shape index (κ1) is 19.1. The van der Waals surface area contributed by atoms with E-state index in [1.54, 1.807) is 6.20 Å². The van der Waals surface area contributed by atoms with Crippen molar-refractivity contribution in [3.63, 3.8) is 0 Å². The van der Waals surface area contributed by atoms with E-state index in [2.05, 4.69) is 21.3 Å². The first-order valence-corrected chi connectivity index (χ1v) is 10.3.